The smallest absolute Gasteiger partial charge is 0.223 e. The summed E-state index contributed by atoms with van der Waals surface area (Å²) < 4.78 is 12.1. The molecule has 1 fully saturated rings. The van der Waals surface area contributed by atoms with Crippen molar-refractivity contribution in [3.63, 3.8) is 0 Å². The molecular weight excluding hydrogens is 306 g/mol. The first-order valence-electron chi connectivity index (χ1n) is 7.93. The number of amides is 1. The second-order valence-corrected chi connectivity index (χ2v) is 7.53. The van der Waals surface area contributed by atoms with Crippen LogP contribution in [0.1, 0.15) is 23.5 Å². The van der Waals surface area contributed by atoms with Crippen LogP contribution >= 0.6 is 0 Å². The van der Waals surface area contributed by atoms with E-state index in [1.165, 1.54) is 11.1 Å². The van der Waals surface area contributed by atoms with Crippen molar-refractivity contribution >= 4 is 16.7 Å². The van der Waals surface area contributed by atoms with Crippen molar-refractivity contribution in [1.82, 2.24) is 5.32 Å². The molecule has 3 unspecified atom stereocenters. The van der Waals surface area contributed by atoms with Crippen molar-refractivity contribution < 1.29 is 9.00 Å². The minimum atomic E-state index is -1.06. The van der Waals surface area contributed by atoms with E-state index in [2.05, 4.69) is 24.4 Å². The van der Waals surface area contributed by atoms with Gasteiger partial charge in [-0.15, -0.1) is 0 Å². The van der Waals surface area contributed by atoms with Crippen molar-refractivity contribution in [2.75, 3.05) is 12.3 Å². The molecule has 2 aromatic carbocycles. The number of rotatable bonds is 6. The molecule has 0 aliphatic heterocycles. The van der Waals surface area contributed by atoms with Gasteiger partial charge in [0.2, 0.25) is 5.91 Å². The van der Waals surface area contributed by atoms with E-state index in [1.807, 2.05) is 42.5 Å². The van der Waals surface area contributed by atoms with Gasteiger partial charge in [-0.1, -0.05) is 42.5 Å². The molecule has 3 atom stereocenters. The Kier molecular flexibility index (Phi) is 4.91. The maximum atomic E-state index is 12.2. The Bertz CT molecular complexity index is 714. The highest BCUT2D eigenvalue weighted by molar-refractivity contribution is 7.85. The van der Waals surface area contributed by atoms with Gasteiger partial charge in [0.1, 0.15) is 0 Å². The van der Waals surface area contributed by atoms with E-state index in [1.54, 1.807) is 0 Å². The lowest BCUT2D eigenvalue weighted by atomic mass is 10.0. The first kappa shape index (κ1) is 15.9. The number of carbonyl (C=O) groups excluding carboxylic acids is 1. The van der Waals surface area contributed by atoms with Gasteiger partial charge >= 0.3 is 0 Å². The molecule has 4 heteroatoms. The molecule has 1 saturated carbocycles. The number of hydrogen-bond acceptors (Lipinski definition) is 2. The van der Waals surface area contributed by atoms with Crippen LogP contribution in [0.2, 0.25) is 0 Å². The van der Waals surface area contributed by atoms with Gasteiger partial charge in [0.25, 0.3) is 0 Å². The van der Waals surface area contributed by atoms with Crippen LogP contribution in [0.5, 0.6) is 0 Å². The Hall–Kier alpha value is -1.94. The zero-order valence-corrected chi connectivity index (χ0v) is 14.0. The first-order chi connectivity index (χ1) is 11.2. The Labute approximate surface area is 139 Å². The first-order valence-corrected chi connectivity index (χ1v) is 9.25. The van der Waals surface area contributed by atoms with Crippen LogP contribution in [0.15, 0.2) is 59.5 Å². The minimum absolute atomic E-state index is 0.0706. The molecule has 3 nitrogen and oxygen atoms in total. The summed E-state index contributed by atoms with van der Waals surface area (Å²) in [5.41, 5.74) is 2.53. The predicted octanol–water partition coefficient (Wildman–Crippen LogP) is 3.02. The largest absolute Gasteiger partial charge is 0.355 e. The van der Waals surface area contributed by atoms with Crippen LogP contribution in [0.25, 0.3) is 0 Å². The third-order valence-corrected chi connectivity index (χ3v) is 5.68. The van der Waals surface area contributed by atoms with Gasteiger partial charge in [-0.05, 0) is 42.5 Å². The Morgan fingerprint density at radius 2 is 1.83 bits per heavy atom. The van der Waals surface area contributed by atoms with Gasteiger partial charge in [0, 0.05) is 23.1 Å². The van der Waals surface area contributed by atoms with Gasteiger partial charge in [0.05, 0.1) is 10.8 Å². The summed E-state index contributed by atoms with van der Waals surface area (Å²) in [6, 6.07) is 17.6. The quantitative estimate of drug-likeness (QED) is 0.886. The number of benzene rings is 2. The fourth-order valence-corrected chi connectivity index (χ4v) is 3.90. The molecule has 23 heavy (non-hydrogen) atoms. The zero-order chi connectivity index (χ0) is 16.2. The van der Waals surface area contributed by atoms with Gasteiger partial charge in [0.15, 0.2) is 0 Å². The second kappa shape index (κ2) is 7.09. The van der Waals surface area contributed by atoms with Gasteiger partial charge in [-0.25, -0.2) is 0 Å². The normalized spacial score (nSPS) is 20.7. The lowest BCUT2D eigenvalue weighted by Gasteiger charge is -2.07. The summed E-state index contributed by atoms with van der Waals surface area (Å²) in [6.45, 7) is 2.54. The van der Waals surface area contributed by atoms with Crippen LogP contribution in [0, 0.1) is 12.8 Å². The average molecular weight is 327 g/mol. The lowest BCUT2D eigenvalue weighted by Crippen LogP contribution is -2.29. The molecule has 1 N–H and O–H groups in total. The SMILES string of the molecule is Cc1ccccc1C1CC1C(=O)NCCS(=O)c1ccccc1. The van der Waals surface area contributed by atoms with Gasteiger partial charge in [-0.2, -0.15) is 0 Å². The molecule has 1 aliphatic carbocycles. The van der Waals surface area contributed by atoms with Gasteiger partial charge < -0.3 is 5.32 Å². The van der Waals surface area contributed by atoms with Crippen LogP contribution in [0.4, 0.5) is 0 Å². The highest BCUT2D eigenvalue weighted by Gasteiger charge is 2.44. The third-order valence-electron chi connectivity index (χ3n) is 4.31. The van der Waals surface area contributed by atoms with Crippen molar-refractivity contribution in [3.8, 4) is 0 Å². The third kappa shape index (κ3) is 3.88. The number of carbonyl (C=O) groups is 1. The molecule has 0 saturated heterocycles. The van der Waals surface area contributed by atoms with E-state index in [0.717, 1.165) is 11.3 Å². The highest BCUT2D eigenvalue weighted by atomic mass is 32.2. The van der Waals surface area contributed by atoms with E-state index in [4.69, 9.17) is 0 Å². The summed E-state index contributed by atoms with van der Waals surface area (Å²) in [6.07, 6.45) is 0.915. The van der Waals surface area contributed by atoms with E-state index in [0.29, 0.717) is 18.2 Å². The molecule has 2 aromatic rings. The fourth-order valence-electron chi connectivity index (χ4n) is 2.92. The van der Waals surface area contributed by atoms with E-state index in [-0.39, 0.29) is 11.8 Å². The van der Waals surface area contributed by atoms with Crippen LogP contribution in [-0.2, 0) is 15.6 Å². The molecule has 0 radical (unpaired) electrons. The number of nitrogens with one attached hydrogen (secondary N) is 1. The molecule has 3 rings (SSSR count). The summed E-state index contributed by atoms with van der Waals surface area (Å²) >= 11 is 0. The number of aryl methyl sites for hydroxylation is 1. The predicted molar refractivity (Wildman–Crippen MR) is 92.8 cm³/mol. The number of hydrogen-bond donors (Lipinski definition) is 1. The zero-order valence-electron chi connectivity index (χ0n) is 13.2. The molecule has 1 amide bonds. The summed E-state index contributed by atoms with van der Waals surface area (Å²) in [4.78, 5) is 13.0. The van der Waals surface area contributed by atoms with Crippen molar-refractivity contribution in [1.29, 1.82) is 0 Å². The molecule has 0 aromatic heterocycles. The standard InChI is InChI=1S/C19H21NO2S/c1-14-7-5-6-10-16(14)17-13-18(17)19(21)20-11-12-23(22)15-8-3-2-4-9-15/h2-10,17-18H,11-13H2,1H3,(H,20,21). The van der Waals surface area contributed by atoms with Crippen LogP contribution in [-0.4, -0.2) is 22.4 Å². The summed E-state index contributed by atoms with van der Waals surface area (Å²) in [5.74, 6) is 0.956. The molecule has 1 aliphatic rings. The molecule has 0 spiro atoms. The molecule has 0 bridgehead atoms. The topological polar surface area (TPSA) is 46.2 Å². The monoisotopic (exact) mass is 327 g/mol. The van der Waals surface area contributed by atoms with E-state index < -0.39 is 10.8 Å². The van der Waals surface area contributed by atoms with E-state index in [9.17, 15) is 9.00 Å². The Balaban J connectivity index is 1.46. The minimum Gasteiger partial charge on any atom is -0.355 e. The fraction of sp³-hybridized carbons (Fsp3) is 0.316. The van der Waals surface area contributed by atoms with Crippen LogP contribution in [0.3, 0.4) is 0 Å². The highest BCUT2D eigenvalue weighted by Crippen LogP contribution is 2.48. The van der Waals surface area contributed by atoms with Crippen LogP contribution < -0.4 is 5.32 Å². The lowest BCUT2D eigenvalue weighted by molar-refractivity contribution is -0.122. The summed E-state index contributed by atoms with van der Waals surface area (Å²) in [7, 11) is -1.06. The molecule has 0 heterocycles. The van der Waals surface area contributed by atoms with Gasteiger partial charge in [-0.3, -0.25) is 9.00 Å². The Morgan fingerprint density at radius 3 is 2.57 bits per heavy atom. The van der Waals surface area contributed by atoms with Crippen molar-refractivity contribution in [2.45, 2.75) is 24.2 Å². The average Bonchev–Trinajstić information content (AvgIpc) is 3.36. The van der Waals surface area contributed by atoms with Crippen molar-refractivity contribution in [2.24, 2.45) is 5.92 Å². The molecule has 120 valence electrons. The Morgan fingerprint density at radius 1 is 1.13 bits per heavy atom. The maximum absolute atomic E-state index is 12.2. The van der Waals surface area contributed by atoms with E-state index >= 15 is 0 Å². The maximum Gasteiger partial charge on any atom is 0.223 e. The molecular formula is C19H21NO2S. The van der Waals surface area contributed by atoms with Crippen molar-refractivity contribution in [3.05, 3.63) is 65.7 Å². The summed E-state index contributed by atoms with van der Waals surface area (Å²) in [5, 5.41) is 2.93. The second-order valence-electron chi connectivity index (χ2n) is 5.96.